The average molecular weight is 425 g/mol. The van der Waals surface area contributed by atoms with Crippen LogP contribution in [0.3, 0.4) is 0 Å². The summed E-state index contributed by atoms with van der Waals surface area (Å²) in [5, 5.41) is 15.8. The van der Waals surface area contributed by atoms with Crippen molar-refractivity contribution in [3.63, 3.8) is 0 Å². The number of aliphatic hydroxyl groups is 2. The lowest BCUT2D eigenvalue weighted by Crippen LogP contribution is -2.17. The van der Waals surface area contributed by atoms with Gasteiger partial charge in [-0.2, -0.15) is 0 Å². The Morgan fingerprint density at radius 1 is 0.897 bits per heavy atom. The zero-order valence-corrected chi connectivity index (χ0v) is 18.6. The number of hydrogen-bond donors (Lipinski definition) is 2. The van der Waals surface area contributed by atoms with Crippen LogP contribution in [0.1, 0.15) is 26.7 Å². The Kier molecular flexibility index (Phi) is 40.4. The van der Waals surface area contributed by atoms with E-state index in [0.717, 1.165) is 31.6 Å². The van der Waals surface area contributed by atoms with Crippen molar-refractivity contribution >= 4 is 11.9 Å². The molecule has 0 aliphatic carbocycles. The van der Waals surface area contributed by atoms with E-state index in [4.69, 9.17) is 24.4 Å². The van der Waals surface area contributed by atoms with Crippen LogP contribution in [-0.2, 0) is 33.3 Å². The molecule has 9 heteroatoms. The molecule has 0 saturated carbocycles. The summed E-state index contributed by atoms with van der Waals surface area (Å²) in [7, 11) is 4.76. The first-order chi connectivity index (χ1) is 13.8. The predicted molar refractivity (Wildman–Crippen MR) is 112 cm³/mol. The number of rotatable bonds is 12. The van der Waals surface area contributed by atoms with Gasteiger partial charge >= 0.3 is 11.9 Å². The van der Waals surface area contributed by atoms with Gasteiger partial charge in [0.25, 0.3) is 0 Å². The van der Waals surface area contributed by atoms with Crippen LogP contribution in [0.4, 0.5) is 0 Å². The second-order valence-corrected chi connectivity index (χ2v) is 5.01. The molecule has 0 aromatic carbocycles. The zero-order chi connectivity index (χ0) is 23.3. The number of hydrogen-bond acceptors (Lipinski definition) is 9. The molecule has 0 aromatic heterocycles. The number of ether oxygens (including phenoxy) is 5. The molecule has 0 fully saturated rings. The molecule has 1 atom stereocenters. The van der Waals surface area contributed by atoms with Crippen LogP contribution in [-0.4, -0.2) is 89.2 Å². The third-order valence-corrected chi connectivity index (χ3v) is 2.34. The van der Waals surface area contributed by atoms with Crippen molar-refractivity contribution in [1.29, 1.82) is 0 Å². The standard InChI is InChI=1S/C7H12O3.C6H10O3.C5H12O2.C2H6O/c1-4-7(8)10-6(2)5-9-3;1-3-6(7)9-5-4-8-2;1-7-5-3-2-4-6;1-2-3/h4,6H,1,5H2,2-3H3;3H,1,4-5H2,2H3;6H,2-5H2,1H3;3H,2H2,1H3. The SMILES string of the molecule is C=CC(=O)OC(C)COC.C=CC(=O)OCCOC.CCO.COCCCCO. The van der Waals surface area contributed by atoms with E-state index >= 15 is 0 Å². The van der Waals surface area contributed by atoms with Crippen molar-refractivity contribution in [2.24, 2.45) is 0 Å². The normalized spacial score (nSPS) is 9.76. The highest BCUT2D eigenvalue weighted by Crippen LogP contribution is 1.91. The van der Waals surface area contributed by atoms with Gasteiger partial charge < -0.3 is 33.9 Å². The maximum Gasteiger partial charge on any atom is 0.330 e. The van der Waals surface area contributed by atoms with Crippen LogP contribution in [0.2, 0.25) is 0 Å². The Bertz CT molecular complexity index is 356. The molecule has 0 aliphatic rings. The minimum Gasteiger partial charge on any atom is -0.460 e. The van der Waals surface area contributed by atoms with E-state index < -0.39 is 11.9 Å². The van der Waals surface area contributed by atoms with Crippen LogP contribution >= 0.6 is 0 Å². The van der Waals surface area contributed by atoms with Crippen molar-refractivity contribution in [3.8, 4) is 0 Å². The lowest BCUT2D eigenvalue weighted by Gasteiger charge is -2.09. The van der Waals surface area contributed by atoms with Gasteiger partial charge in [0.05, 0.1) is 13.2 Å². The summed E-state index contributed by atoms with van der Waals surface area (Å²) in [6.45, 7) is 12.4. The molecule has 0 spiro atoms. The monoisotopic (exact) mass is 424 g/mol. The van der Waals surface area contributed by atoms with Crippen molar-refractivity contribution in [2.45, 2.75) is 32.8 Å². The molecule has 9 nitrogen and oxygen atoms in total. The highest BCUT2D eigenvalue weighted by Gasteiger charge is 2.03. The molecule has 0 heterocycles. The lowest BCUT2D eigenvalue weighted by atomic mass is 10.3. The van der Waals surface area contributed by atoms with Crippen LogP contribution in [0.5, 0.6) is 0 Å². The fourth-order valence-corrected chi connectivity index (χ4v) is 1.16. The summed E-state index contributed by atoms with van der Waals surface area (Å²) in [5.74, 6) is -0.823. The van der Waals surface area contributed by atoms with E-state index in [0.29, 0.717) is 19.8 Å². The summed E-state index contributed by atoms with van der Waals surface area (Å²) < 4.78 is 23.4. The molecular weight excluding hydrogens is 384 g/mol. The fourth-order valence-electron chi connectivity index (χ4n) is 1.16. The largest absolute Gasteiger partial charge is 0.460 e. The quantitative estimate of drug-likeness (QED) is 0.273. The van der Waals surface area contributed by atoms with Gasteiger partial charge in [0.15, 0.2) is 0 Å². The molecule has 0 radical (unpaired) electrons. The van der Waals surface area contributed by atoms with Crippen molar-refractivity contribution < 1.29 is 43.5 Å². The van der Waals surface area contributed by atoms with E-state index in [1.807, 2.05) is 0 Å². The summed E-state index contributed by atoms with van der Waals surface area (Å²) in [6, 6.07) is 0. The maximum absolute atomic E-state index is 10.5. The maximum atomic E-state index is 10.5. The highest BCUT2D eigenvalue weighted by atomic mass is 16.6. The molecule has 0 aliphatic heterocycles. The first kappa shape index (κ1) is 34.7. The summed E-state index contributed by atoms with van der Waals surface area (Å²) in [5.41, 5.74) is 0. The summed E-state index contributed by atoms with van der Waals surface area (Å²) in [4.78, 5) is 20.8. The second kappa shape index (κ2) is 33.8. The molecule has 0 aromatic rings. The number of esters is 2. The van der Waals surface area contributed by atoms with Gasteiger partial charge in [0.1, 0.15) is 12.7 Å². The molecule has 174 valence electrons. The topological polar surface area (TPSA) is 121 Å². The van der Waals surface area contributed by atoms with Gasteiger partial charge in [-0.1, -0.05) is 13.2 Å². The second-order valence-electron chi connectivity index (χ2n) is 5.01. The van der Waals surface area contributed by atoms with Gasteiger partial charge in [0.2, 0.25) is 0 Å². The van der Waals surface area contributed by atoms with E-state index in [-0.39, 0.29) is 19.3 Å². The summed E-state index contributed by atoms with van der Waals surface area (Å²) in [6.07, 6.45) is 3.87. The first-order valence-corrected chi connectivity index (χ1v) is 9.15. The third-order valence-electron chi connectivity index (χ3n) is 2.34. The van der Waals surface area contributed by atoms with Crippen molar-refractivity contribution in [1.82, 2.24) is 0 Å². The van der Waals surface area contributed by atoms with E-state index in [1.165, 1.54) is 0 Å². The molecule has 29 heavy (non-hydrogen) atoms. The van der Waals surface area contributed by atoms with Gasteiger partial charge in [-0.15, -0.1) is 0 Å². The van der Waals surface area contributed by atoms with Gasteiger partial charge in [-0.3, -0.25) is 0 Å². The Morgan fingerprint density at radius 3 is 1.79 bits per heavy atom. The number of carbonyl (C=O) groups excluding carboxylic acids is 2. The number of unbranched alkanes of at least 4 members (excludes halogenated alkanes) is 1. The molecule has 0 bridgehead atoms. The lowest BCUT2D eigenvalue weighted by molar-refractivity contribution is -0.144. The summed E-state index contributed by atoms with van der Waals surface area (Å²) >= 11 is 0. The Hall–Kier alpha value is -1.78. The molecular formula is C20H40O9. The molecule has 0 saturated heterocycles. The molecule has 1 unspecified atom stereocenters. The van der Waals surface area contributed by atoms with Gasteiger partial charge in [-0.05, 0) is 26.7 Å². The Balaban J connectivity index is -0.000000153. The van der Waals surface area contributed by atoms with Crippen LogP contribution < -0.4 is 0 Å². The minimum absolute atomic E-state index is 0.199. The molecule has 2 N–H and O–H groups in total. The van der Waals surface area contributed by atoms with Gasteiger partial charge in [0, 0.05) is 53.3 Å². The molecule has 0 amide bonds. The van der Waals surface area contributed by atoms with E-state index in [1.54, 1.807) is 35.2 Å². The fraction of sp³-hybridized carbons (Fsp3) is 0.700. The Labute approximate surface area is 175 Å². The average Bonchev–Trinajstić information content (AvgIpc) is 2.70. The zero-order valence-electron chi connectivity index (χ0n) is 18.6. The minimum atomic E-state index is -0.412. The third kappa shape index (κ3) is 46.3. The van der Waals surface area contributed by atoms with Crippen LogP contribution in [0, 0.1) is 0 Å². The smallest absolute Gasteiger partial charge is 0.330 e. The molecule has 0 rings (SSSR count). The highest BCUT2D eigenvalue weighted by molar-refractivity contribution is 5.81. The van der Waals surface area contributed by atoms with Crippen molar-refractivity contribution in [2.75, 3.05) is 61.0 Å². The van der Waals surface area contributed by atoms with E-state index in [9.17, 15) is 9.59 Å². The van der Waals surface area contributed by atoms with Crippen LogP contribution in [0.15, 0.2) is 25.3 Å². The Morgan fingerprint density at radius 2 is 1.41 bits per heavy atom. The predicted octanol–water partition coefficient (Wildman–Crippen LogP) is 1.52. The number of methoxy groups -OCH3 is 3. The van der Waals surface area contributed by atoms with Gasteiger partial charge in [-0.25, -0.2) is 9.59 Å². The van der Waals surface area contributed by atoms with Crippen LogP contribution in [0.25, 0.3) is 0 Å². The first-order valence-electron chi connectivity index (χ1n) is 9.15. The van der Waals surface area contributed by atoms with Crippen molar-refractivity contribution in [3.05, 3.63) is 25.3 Å². The number of aliphatic hydroxyl groups excluding tert-OH is 2. The number of carbonyl (C=O) groups is 2. The van der Waals surface area contributed by atoms with E-state index in [2.05, 4.69) is 22.6 Å².